The molecule has 3 aliphatic rings. The Morgan fingerprint density at radius 3 is 2.79 bits per heavy atom. The second-order valence-electron chi connectivity index (χ2n) is 9.41. The Kier molecular flexibility index (Phi) is 6.94. The zero-order chi connectivity index (χ0) is 27.0. The van der Waals surface area contributed by atoms with E-state index in [1.807, 2.05) is 0 Å². The molecule has 1 aromatic heterocycles. The Morgan fingerprint density at radius 1 is 1.32 bits per heavy atom. The van der Waals surface area contributed by atoms with Gasteiger partial charge in [-0.2, -0.15) is 5.10 Å². The molecule has 0 radical (unpaired) electrons. The topological polar surface area (TPSA) is 96.1 Å². The molecule has 0 aliphatic carbocycles. The molecular formula is C27H29F2N7O2. The van der Waals surface area contributed by atoms with Crippen LogP contribution in [0.25, 0.3) is 10.9 Å². The molecule has 11 heteroatoms. The van der Waals surface area contributed by atoms with Crippen molar-refractivity contribution in [2.45, 2.75) is 31.8 Å². The third-order valence-corrected chi connectivity index (χ3v) is 6.95. The van der Waals surface area contributed by atoms with E-state index in [1.165, 1.54) is 38.4 Å². The van der Waals surface area contributed by atoms with E-state index in [4.69, 9.17) is 4.74 Å². The zero-order valence-electron chi connectivity index (χ0n) is 21.5. The van der Waals surface area contributed by atoms with Crippen molar-refractivity contribution >= 4 is 39.7 Å². The van der Waals surface area contributed by atoms with Crippen LogP contribution in [0.15, 0.2) is 53.2 Å². The van der Waals surface area contributed by atoms with E-state index in [-0.39, 0.29) is 34.4 Å². The number of rotatable bonds is 6. The molecule has 6 rings (SSSR count). The Balaban J connectivity index is 1.53. The average Bonchev–Trinajstić information content (AvgIpc) is 3.30. The summed E-state index contributed by atoms with van der Waals surface area (Å²) in [7, 11) is 3.14. The van der Waals surface area contributed by atoms with Crippen molar-refractivity contribution in [1.29, 1.82) is 0 Å². The fourth-order valence-corrected chi connectivity index (χ4v) is 5.18. The Bertz CT molecular complexity index is 1470. The normalized spacial score (nSPS) is 19.7. The molecule has 3 aromatic rings. The number of anilines is 2. The number of nitrogens with zero attached hydrogens (tertiary/aromatic N) is 5. The molecule has 198 valence electrons. The van der Waals surface area contributed by atoms with Gasteiger partial charge in [0.2, 0.25) is 0 Å². The number of carbonyl (C=O) groups is 1. The number of methoxy groups -OCH3 is 1. The Morgan fingerprint density at radius 2 is 2.13 bits per heavy atom. The summed E-state index contributed by atoms with van der Waals surface area (Å²) in [5, 5.41) is 11.3. The molecule has 1 amide bonds. The van der Waals surface area contributed by atoms with Crippen LogP contribution >= 0.6 is 0 Å². The van der Waals surface area contributed by atoms with Crippen molar-refractivity contribution in [3.63, 3.8) is 0 Å². The van der Waals surface area contributed by atoms with Crippen molar-refractivity contribution in [1.82, 2.24) is 15.1 Å². The lowest BCUT2D eigenvalue weighted by atomic mass is 9.91. The van der Waals surface area contributed by atoms with Gasteiger partial charge in [-0.25, -0.2) is 18.8 Å². The van der Waals surface area contributed by atoms with Gasteiger partial charge < -0.3 is 20.3 Å². The number of ether oxygens (including phenoxy) is 1. The molecule has 0 unspecified atom stereocenters. The number of halogens is 2. The van der Waals surface area contributed by atoms with E-state index >= 15 is 4.39 Å². The smallest absolute Gasteiger partial charge is 0.269 e. The number of nitrogens with one attached hydrogen (secondary N) is 2. The fraction of sp³-hybridized carbons (Fsp3) is 0.333. The lowest BCUT2D eigenvalue weighted by Gasteiger charge is -2.47. The maximum absolute atomic E-state index is 15.1. The Hall–Kier alpha value is -4.12. The molecular weight excluding hydrogens is 492 g/mol. The van der Waals surface area contributed by atoms with Crippen molar-refractivity contribution in [2.24, 2.45) is 17.0 Å². The maximum Gasteiger partial charge on any atom is 0.269 e. The first-order valence-electron chi connectivity index (χ1n) is 12.3. The van der Waals surface area contributed by atoms with Crippen LogP contribution in [-0.2, 0) is 11.8 Å². The summed E-state index contributed by atoms with van der Waals surface area (Å²) < 4.78 is 36.7. The minimum absolute atomic E-state index is 0.00223. The number of fused-ring (bicyclic) bond motifs is 4. The number of amides is 1. The molecule has 2 N–H and O–H groups in total. The zero-order valence-corrected chi connectivity index (χ0v) is 21.5. The van der Waals surface area contributed by atoms with Crippen molar-refractivity contribution in [3.05, 3.63) is 60.4 Å². The Labute approximate surface area is 218 Å². The van der Waals surface area contributed by atoms with Gasteiger partial charge >= 0.3 is 0 Å². The average molecular weight is 522 g/mol. The van der Waals surface area contributed by atoms with Gasteiger partial charge in [-0.05, 0) is 31.9 Å². The number of benzene rings is 2. The highest BCUT2D eigenvalue weighted by Gasteiger charge is 2.36. The monoisotopic (exact) mass is 521 g/mol. The predicted molar refractivity (Wildman–Crippen MR) is 144 cm³/mol. The highest BCUT2D eigenvalue weighted by atomic mass is 19.1. The number of piperazine rings is 1. The van der Waals surface area contributed by atoms with E-state index in [0.29, 0.717) is 17.1 Å². The van der Waals surface area contributed by atoms with Crippen LogP contribution in [0.1, 0.15) is 25.3 Å². The van der Waals surface area contributed by atoms with Gasteiger partial charge in [0.1, 0.15) is 22.8 Å². The van der Waals surface area contributed by atoms with Crippen LogP contribution < -0.4 is 20.3 Å². The van der Waals surface area contributed by atoms with E-state index < -0.39 is 17.5 Å². The summed E-state index contributed by atoms with van der Waals surface area (Å²) in [6.07, 6.45) is 5.03. The first-order chi connectivity index (χ1) is 18.3. The van der Waals surface area contributed by atoms with Crippen molar-refractivity contribution in [3.8, 4) is 5.75 Å². The molecule has 3 aliphatic heterocycles. The fourth-order valence-electron chi connectivity index (χ4n) is 5.18. The first-order valence-corrected chi connectivity index (χ1v) is 12.3. The van der Waals surface area contributed by atoms with Crippen LogP contribution in [0, 0.1) is 11.6 Å². The maximum atomic E-state index is 15.1. The third kappa shape index (κ3) is 4.65. The SMILES string of the molecule is C=CN=C(N=C(C)C(=O)Nc1cc(F)c2nn(C)cc2c1N1C[C@@H]2CC[C@H]1CN2)c1c(F)cccc1OC. The second kappa shape index (κ2) is 10.3. The van der Waals surface area contributed by atoms with Crippen molar-refractivity contribution in [2.75, 3.05) is 30.4 Å². The van der Waals surface area contributed by atoms with Crippen LogP contribution in [-0.4, -0.2) is 59.5 Å². The predicted octanol–water partition coefficient (Wildman–Crippen LogP) is 3.79. The van der Waals surface area contributed by atoms with Gasteiger partial charge in [0.05, 0.1) is 24.0 Å². The molecule has 0 saturated carbocycles. The van der Waals surface area contributed by atoms with Crippen molar-refractivity contribution < 1.29 is 18.3 Å². The summed E-state index contributed by atoms with van der Waals surface area (Å²) >= 11 is 0. The summed E-state index contributed by atoms with van der Waals surface area (Å²) in [5.74, 6) is -1.60. The van der Waals surface area contributed by atoms with Gasteiger partial charge in [-0.1, -0.05) is 12.6 Å². The molecule has 3 saturated heterocycles. The number of aliphatic imine (C=N–C) groups is 2. The number of hydrogen-bond donors (Lipinski definition) is 2. The highest BCUT2D eigenvalue weighted by Crippen LogP contribution is 2.40. The molecule has 38 heavy (non-hydrogen) atoms. The summed E-state index contributed by atoms with van der Waals surface area (Å²) in [6, 6.07) is 6.14. The quantitative estimate of drug-likeness (QED) is 0.380. The number of carbonyl (C=O) groups excluding carboxylic acids is 1. The summed E-state index contributed by atoms with van der Waals surface area (Å²) in [4.78, 5) is 24.0. The van der Waals surface area contributed by atoms with E-state index in [2.05, 4.69) is 37.2 Å². The largest absolute Gasteiger partial charge is 0.496 e. The third-order valence-electron chi connectivity index (χ3n) is 6.95. The van der Waals surface area contributed by atoms with Gasteiger partial charge in [-0.15, -0.1) is 0 Å². The number of amidine groups is 1. The molecule has 9 nitrogen and oxygen atoms in total. The molecule has 4 heterocycles. The van der Waals surface area contributed by atoms with Gasteiger partial charge in [-0.3, -0.25) is 9.48 Å². The molecule has 2 atom stereocenters. The highest BCUT2D eigenvalue weighted by molar-refractivity contribution is 6.44. The molecule has 0 spiro atoms. The lowest BCUT2D eigenvalue weighted by Crippen LogP contribution is -2.61. The van der Waals surface area contributed by atoms with Crippen LogP contribution in [0.4, 0.5) is 20.2 Å². The summed E-state index contributed by atoms with van der Waals surface area (Å²) in [6.45, 7) is 6.60. The number of piperidine rings is 2. The molecule has 2 bridgehead atoms. The van der Waals surface area contributed by atoms with Crippen LogP contribution in [0.3, 0.4) is 0 Å². The number of hydrogen-bond acceptors (Lipinski definition) is 6. The van der Waals surface area contributed by atoms with E-state index in [9.17, 15) is 9.18 Å². The minimum Gasteiger partial charge on any atom is -0.496 e. The molecule has 3 fully saturated rings. The van der Waals surface area contributed by atoms with Crippen LogP contribution in [0.2, 0.25) is 0 Å². The van der Waals surface area contributed by atoms with Gasteiger partial charge in [0, 0.05) is 56.1 Å². The minimum atomic E-state index is -0.609. The number of aromatic nitrogens is 2. The van der Waals surface area contributed by atoms with E-state index in [1.54, 1.807) is 24.0 Å². The van der Waals surface area contributed by atoms with Gasteiger partial charge in [0.15, 0.2) is 11.7 Å². The second-order valence-corrected chi connectivity index (χ2v) is 9.41. The van der Waals surface area contributed by atoms with E-state index in [0.717, 1.165) is 31.6 Å². The standard InChI is InChI=1S/C27H29F2N7O2/c1-5-30-26(23-19(28)7-6-8-22(23)38-4)32-15(2)27(37)33-21-11-20(29)24-18(14-35(3)34-24)25(21)36-13-16-9-10-17(36)12-31-16/h5-8,11,14,16-17,31H,1,9-10,12-13H2,2-4H3,(H,33,37)/t16-,17-/m0/s1. The summed E-state index contributed by atoms with van der Waals surface area (Å²) in [5.41, 5.74) is 1.29. The molecule has 2 aromatic carbocycles. The first kappa shape index (κ1) is 25.5. The van der Waals surface area contributed by atoms with Gasteiger partial charge in [0.25, 0.3) is 5.91 Å². The lowest BCUT2D eigenvalue weighted by molar-refractivity contribution is -0.110. The van der Waals surface area contributed by atoms with Crippen LogP contribution in [0.5, 0.6) is 5.75 Å². The number of aryl methyl sites for hydroxylation is 1.